The van der Waals surface area contributed by atoms with E-state index < -0.39 is 17.4 Å². The molecular formula is C24H27F4N5O. The lowest BCUT2D eigenvalue weighted by Crippen LogP contribution is -2.50. The van der Waals surface area contributed by atoms with E-state index in [0.717, 1.165) is 56.1 Å². The maximum atomic E-state index is 14.1. The van der Waals surface area contributed by atoms with E-state index in [0.29, 0.717) is 6.54 Å². The molecular weight excluding hydrogens is 450 g/mol. The monoisotopic (exact) mass is 477 g/mol. The van der Waals surface area contributed by atoms with Gasteiger partial charge in [-0.3, -0.25) is 0 Å². The summed E-state index contributed by atoms with van der Waals surface area (Å²) in [6.45, 7) is 3.11. The summed E-state index contributed by atoms with van der Waals surface area (Å²) in [7, 11) is 1.75. The van der Waals surface area contributed by atoms with E-state index in [4.69, 9.17) is 4.84 Å². The topological polar surface area (TPSA) is 64.7 Å². The Balaban J connectivity index is 1.39. The number of oxime groups is 1. The molecule has 10 heteroatoms. The minimum absolute atomic E-state index is 0.000585. The third-order valence-corrected chi connectivity index (χ3v) is 7.80. The van der Waals surface area contributed by atoms with Gasteiger partial charge in [-0.05, 0) is 58.4 Å². The fraction of sp³-hybridized carbons (Fsp3) is 0.583. The van der Waals surface area contributed by atoms with Crippen LogP contribution in [0.5, 0.6) is 0 Å². The van der Waals surface area contributed by atoms with Crippen molar-refractivity contribution in [2.45, 2.75) is 69.6 Å². The molecule has 0 spiro atoms. The number of alkyl halides is 4. The molecule has 0 radical (unpaired) electrons. The Kier molecular flexibility index (Phi) is 5.15. The van der Waals surface area contributed by atoms with E-state index in [1.807, 2.05) is 0 Å². The molecule has 0 N–H and O–H groups in total. The second kappa shape index (κ2) is 7.61. The van der Waals surface area contributed by atoms with Crippen LogP contribution < -0.4 is 0 Å². The fourth-order valence-corrected chi connectivity index (χ4v) is 5.77. The standard InChI is InChI=1S/C24H27F4N5O/c1-21(2,25)20-29-14-17(32-34-20)22-8-11-23(12-9-22,13-10-22)19-31-30-18(33(19)3)15-6-4-5-7-16(15)24(26,27)28/h4-7H,8-14H2,1-3H3. The Morgan fingerprint density at radius 3 is 2.09 bits per heavy atom. The molecule has 0 saturated heterocycles. The highest BCUT2D eigenvalue weighted by Gasteiger charge is 2.54. The van der Waals surface area contributed by atoms with E-state index >= 15 is 0 Å². The van der Waals surface area contributed by atoms with Gasteiger partial charge in [-0.25, -0.2) is 9.38 Å². The predicted octanol–water partition coefficient (Wildman–Crippen LogP) is 5.63. The Hall–Kier alpha value is -2.78. The van der Waals surface area contributed by atoms with Crippen LogP contribution in [0.2, 0.25) is 0 Å². The summed E-state index contributed by atoms with van der Waals surface area (Å²) < 4.78 is 56.6. The van der Waals surface area contributed by atoms with Gasteiger partial charge in [0.2, 0.25) is 0 Å². The number of aromatic nitrogens is 3. The lowest BCUT2D eigenvalue weighted by Gasteiger charge is -2.53. The van der Waals surface area contributed by atoms with E-state index in [2.05, 4.69) is 20.3 Å². The highest BCUT2D eigenvalue weighted by molar-refractivity contribution is 5.97. The van der Waals surface area contributed by atoms with Crippen molar-refractivity contribution < 1.29 is 22.4 Å². The second-order valence-electron chi connectivity index (χ2n) is 10.2. The quantitative estimate of drug-likeness (QED) is 0.537. The molecule has 34 heavy (non-hydrogen) atoms. The SMILES string of the molecule is Cn1c(-c2ccccc2C(F)(F)F)nnc1C12CCC(C3=NOC(C(C)(C)F)=NC3)(CC1)CC2. The number of aliphatic imine (C=N–C) groups is 1. The zero-order valence-electron chi connectivity index (χ0n) is 19.4. The average Bonchev–Trinajstić information content (AvgIpc) is 3.21. The lowest BCUT2D eigenvalue weighted by atomic mass is 9.52. The van der Waals surface area contributed by atoms with Crippen LogP contribution in [0.1, 0.15) is 63.8 Å². The van der Waals surface area contributed by atoms with Gasteiger partial charge < -0.3 is 9.40 Å². The molecule has 2 aromatic rings. The molecule has 1 aliphatic heterocycles. The average molecular weight is 478 g/mol. The molecule has 0 unspecified atom stereocenters. The van der Waals surface area contributed by atoms with Crippen molar-refractivity contribution in [3.05, 3.63) is 35.7 Å². The fourth-order valence-electron chi connectivity index (χ4n) is 5.77. The normalized spacial score (nSPS) is 27.3. The lowest BCUT2D eigenvalue weighted by molar-refractivity contribution is -0.137. The number of hydrogen-bond donors (Lipinski definition) is 0. The molecule has 2 heterocycles. The molecule has 6 nitrogen and oxygen atoms in total. The van der Waals surface area contributed by atoms with Crippen LogP contribution in [0, 0.1) is 5.41 Å². The minimum atomic E-state index is -4.47. The number of rotatable bonds is 4. The van der Waals surface area contributed by atoms with Crippen LogP contribution in [-0.4, -0.2) is 38.6 Å². The van der Waals surface area contributed by atoms with E-state index in [1.54, 1.807) is 17.7 Å². The predicted molar refractivity (Wildman–Crippen MR) is 119 cm³/mol. The molecule has 0 amide bonds. The van der Waals surface area contributed by atoms with Gasteiger partial charge >= 0.3 is 6.18 Å². The van der Waals surface area contributed by atoms with E-state index in [-0.39, 0.29) is 28.1 Å². The molecule has 1 aromatic carbocycles. The van der Waals surface area contributed by atoms with Crippen molar-refractivity contribution >= 4 is 11.6 Å². The smallest absolute Gasteiger partial charge is 0.338 e. The first-order valence-electron chi connectivity index (χ1n) is 11.5. The highest BCUT2D eigenvalue weighted by atomic mass is 19.4. The van der Waals surface area contributed by atoms with Gasteiger partial charge in [0.1, 0.15) is 5.82 Å². The van der Waals surface area contributed by atoms with Crippen molar-refractivity contribution in [3.63, 3.8) is 0 Å². The van der Waals surface area contributed by atoms with Crippen LogP contribution in [0.15, 0.2) is 34.4 Å². The van der Waals surface area contributed by atoms with Crippen LogP contribution in [0.25, 0.3) is 11.4 Å². The summed E-state index contributed by atoms with van der Waals surface area (Å²) in [4.78, 5) is 9.61. The first-order chi connectivity index (χ1) is 16.0. The number of fused-ring (bicyclic) bond motifs is 3. The maximum Gasteiger partial charge on any atom is 0.417 e. The zero-order chi connectivity index (χ0) is 24.4. The van der Waals surface area contributed by atoms with Crippen molar-refractivity contribution in [1.82, 2.24) is 14.8 Å². The Morgan fingerprint density at radius 2 is 1.53 bits per heavy atom. The van der Waals surface area contributed by atoms with Crippen molar-refractivity contribution in [1.29, 1.82) is 0 Å². The summed E-state index contributed by atoms with van der Waals surface area (Å²) in [6.07, 6.45) is 0.540. The van der Waals surface area contributed by atoms with Gasteiger partial charge in [-0.1, -0.05) is 23.4 Å². The largest absolute Gasteiger partial charge is 0.417 e. The molecule has 4 aliphatic rings. The third-order valence-electron chi connectivity index (χ3n) is 7.80. The first-order valence-corrected chi connectivity index (χ1v) is 11.5. The molecule has 182 valence electrons. The van der Waals surface area contributed by atoms with Gasteiger partial charge in [-0.15, -0.1) is 10.2 Å². The number of benzene rings is 1. The van der Waals surface area contributed by atoms with Crippen LogP contribution >= 0.6 is 0 Å². The molecule has 2 bridgehead atoms. The maximum absolute atomic E-state index is 14.1. The summed E-state index contributed by atoms with van der Waals surface area (Å²) in [5, 5.41) is 12.9. The summed E-state index contributed by atoms with van der Waals surface area (Å²) in [5.41, 5.74) is -1.87. The van der Waals surface area contributed by atoms with E-state index in [1.165, 1.54) is 26.0 Å². The minimum Gasteiger partial charge on any atom is -0.338 e. The van der Waals surface area contributed by atoms with Crippen LogP contribution in [0.3, 0.4) is 0 Å². The Labute approximate surface area is 195 Å². The van der Waals surface area contributed by atoms with Gasteiger partial charge in [0.25, 0.3) is 5.90 Å². The second-order valence-corrected chi connectivity index (χ2v) is 10.2. The van der Waals surface area contributed by atoms with Gasteiger partial charge in [0.15, 0.2) is 11.5 Å². The number of hydrogen-bond acceptors (Lipinski definition) is 5. The zero-order valence-corrected chi connectivity index (χ0v) is 19.4. The van der Waals surface area contributed by atoms with Crippen molar-refractivity contribution in [2.24, 2.45) is 22.6 Å². The molecule has 3 saturated carbocycles. The van der Waals surface area contributed by atoms with Gasteiger partial charge in [0, 0.05) is 23.4 Å². The third kappa shape index (κ3) is 3.62. The van der Waals surface area contributed by atoms with Crippen molar-refractivity contribution in [3.8, 4) is 11.4 Å². The van der Waals surface area contributed by atoms with Gasteiger partial charge in [-0.2, -0.15) is 13.2 Å². The molecule has 3 aliphatic carbocycles. The number of nitrogens with zero attached hydrogens (tertiary/aromatic N) is 5. The van der Waals surface area contributed by atoms with Crippen LogP contribution in [0.4, 0.5) is 17.6 Å². The molecule has 0 atom stereocenters. The highest BCUT2D eigenvalue weighted by Crippen LogP contribution is 2.58. The summed E-state index contributed by atoms with van der Waals surface area (Å²) in [5.74, 6) is 0.953. The first kappa shape index (κ1) is 23.0. The molecule has 1 aromatic heterocycles. The Morgan fingerprint density at radius 1 is 0.912 bits per heavy atom. The van der Waals surface area contributed by atoms with E-state index in [9.17, 15) is 17.6 Å². The molecule has 6 rings (SSSR count). The summed E-state index contributed by atoms with van der Waals surface area (Å²) in [6, 6.07) is 5.47. The number of halogens is 4. The van der Waals surface area contributed by atoms with Crippen molar-refractivity contribution in [2.75, 3.05) is 6.54 Å². The van der Waals surface area contributed by atoms with Gasteiger partial charge in [0.05, 0.1) is 17.8 Å². The molecule has 3 fully saturated rings. The summed E-state index contributed by atoms with van der Waals surface area (Å²) >= 11 is 0. The Bertz CT molecular complexity index is 1150. The van der Waals surface area contributed by atoms with Crippen LogP contribution in [-0.2, 0) is 23.5 Å².